The predicted octanol–water partition coefficient (Wildman–Crippen LogP) is 5.34. The first kappa shape index (κ1) is 20.7. The number of halogens is 2. The molecule has 1 aromatic heterocycles. The van der Waals surface area contributed by atoms with Gasteiger partial charge in [0.25, 0.3) is 0 Å². The number of benzene rings is 2. The van der Waals surface area contributed by atoms with E-state index in [1.807, 2.05) is 49.4 Å². The Hall–Kier alpha value is -1.98. The second-order valence-corrected chi connectivity index (χ2v) is 7.53. The number of aryl methyl sites for hydroxylation is 1. The van der Waals surface area contributed by atoms with Crippen LogP contribution in [0.5, 0.6) is 5.75 Å². The first-order valence-electron chi connectivity index (χ1n) is 9.06. The van der Waals surface area contributed by atoms with E-state index in [2.05, 4.69) is 4.90 Å². The number of aliphatic hydroxyl groups excluding tert-OH is 1. The van der Waals surface area contributed by atoms with Crippen LogP contribution in [0.2, 0.25) is 10.0 Å². The molecule has 3 aromatic rings. The zero-order chi connectivity index (χ0) is 19.9. The SMILES string of the molecule is Cc1cc(OCC(O)CN(Cc2ccco2)Cc2ccccc2Cl)ccc1Cl. The molecule has 0 spiro atoms. The van der Waals surface area contributed by atoms with Gasteiger partial charge in [0, 0.05) is 23.1 Å². The molecule has 0 aliphatic carbocycles. The fraction of sp³-hybridized carbons (Fsp3) is 0.273. The van der Waals surface area contributed by atoms with Crippen molar-refractivity contribution in [1.82, 2.24) is 4.90 Å². The molecular formula is C22H23Cl2NO3. The molecule has 0 radical (unpaired) electrons. The normalized spacial score (nSPS) is 12.3. The minimum atomic E-state index is -0.673. The van der Waals surface area contributed by atoms with Crippen LogP contribution in [-0.2, 0) is 13.1 Å². The first-order valence-corrected chi connectivity index (χ1v) is 9.82. The molecule has 0 aliphatic heterocycles. The van der Waals surface area contributed by atoms with Crippen molar-refractivity contribution in [3.8, 4) is 5.75 Å². The summed E-state index contributed by atoms with van der Waals surface area (Å²) in [5.74, 6) is 1.51. The van der Waals surface area contributed by atoms with Gasteiger partial charge in [0.1, 0.15) is 24.2 Å². The Morgan fingerprint density at radius 3 is 2.57 bits per heavy atom. The van der Waals surface area contributed by atoms with Gasteiger partial charge in [-0.25, -0.2) is 0 Å². The number of hydrogen-bond acceptors (Lipinski definition) is 4. The molecule has 0 bridgehead atoms. The van der Waals surface area contributed by atoms with Gasteiger partial charge in [-0.05, 0) is 54.4 Å². The lowest BCUT2D eigenvalue weighted by Gasteiger charge is -2.25. The van der Waals surface area contributed by atoms with E-state index in [9.17, 15) is 5.11 Å². The Bertz CT molecular complexity index is 883. The monoisotopic (exact) mass is 419 g/mol. The molecule has 1 N–H and O–H groups in total. The van der Waals surface area contributed by atoms with Crippen LogP contribution in [0.1, 0.15) is 16.9 Å². The van der Waals surface area contributed by atoms with Crippen LogP contribution in [0.25, 0.3) is 0 Å². The summed E-state index contributed by atoms with van der Waals surface area (Å²) in [5.41, 5.74) is 1.93. The van der Waals surface area contributed by atoms with Gasteiger partial charge in [0.15, 0.2) is 0 Å². The van der Waals surface area contributed by atoms with E-state index in [1.165, 1.54) is 0 Å². The van der Waals surface area contributed by atoms with Crippen LogP contribution < -0.4 is 4.74 Å². The third-order valence-corrected chi connectivity index (χ3v) is 5.14. The van der Waals surface area contributed by atoms with Crippen molar-refractivity contribution >= 4 is 23.2 Å². The molecule has 1 heterocycles. The number of nitrogens with zero attached hydrogens (tertiary/aromatic N) is 1. The van der Waals surface area contributed by atoms with Gasteiger partial charge in [-0.3, -0.25) is 4.90 Å². The zero-order valence-corrected chi connectivity index (χ0v) is 17.2. The van der Waals surface area contributed by atoms with E-state index in [4.69, 9.17) is 32.4 Å². The minimum Gasteiger partial charge on any atom is -0.491 e. The van der Waals surface area contributed by atoms with Crippen LogP contribution in [0.15, 0.2) is 65.3 Å². The van der Waals surface area contributed by atoms with Crippen molar-refractivity contribution in [2.45, 2.75) is 26.1 Å². The Morgan fingerprint density at radius 2 is 1.86 bits per heavy atom. The maximum absolute atomic E-state index is 10.5. The summed E-state index contributed by atoms with van der Waals surface area (Å²) < 4.78 is 11.2. The average Bonchev–Trinajstić information content (AvgIpc) is 3.17. The van der Waals surface area contributed by atoms with E-state index < -0.39 is 6.10 Å². The number of aliphatic hydroxyl groups is 1. The molecule has 0 saturated carbocycles. The molecule has 3 rings (SSSR count). The van der Waals surface area contributed by atoms with Crippen molar-refractivity contribution in [1.29, 1.82) is 0 Å². The number of ether oxygens (including phenoxy) is 1. The molecule has 0 fully saturated rings. The maximum Gasteiger partial charge on any atom is 0.119 e. The Balaban J connectivity index is 1.62. The second kappa shape index (κ2) is 9.99. The highest BCUT2D eigenvalue weighted by molar-refractivity contribution is 6.31. The Morgan fingerprint density at radius 1 is 1.04 bits per heavy atom. The van der Waals surface area contributed by atoms with Gasteiger partial charge in [0.05, 0.1) is 12.8 Å². The van der Waals surface area contributed by atoms with Gasteiger partial charge < -0.3 is 14.3 Å². The molecule has 0 amide bonds. The summed E-state index contributed by atoms with van der Waals surface area (Å²) in [7, 11) is 0. The third kappa shape index (κ3) is 6.01. The summed E-state index contributed by atoms with van der Waals surface area (Å²) >= 11 is 12.3. The van der Waals surface area contributed by atoms with Crippen LogP contribution >= 0.6 is 23.2 Å². The van der Waals surface area contributed by atoms with Crippen molar-refractivity contribution in [2.75, 3.05) is 13.2 Å². The highest BCUT2D eigenvalue weighted by Gasteiger charge is 2.16. The smallest absolute Gasteiger partial charge is 0.119 e. The van der Waals surface area contributed by atoms with Gasteiger partial charge in [-0.15, -0.1) is 0 Å². The lowest BCUT2D eigenvalue weighted by Crippen LogP contribution is -2.35. The first-order chi connectivity index (χ1) is 13.5. The van der Waals surface area contributed by atoms with E-state index in [0.29, 0.717) is 35.4 Å². The van der Waals surface area contributed by atoms with Crippen molar-refractivity contribution < 1.29 is 14.3 Å². The number of rotatable bonds is 9. The summed E-state index contributed by atoms with van der Waals surface area (Å²) in [6, 6.07) is 16.9. The molecule has 1 atom stereocenters. The summed E-state index contributed by atoms with van der Waals surface area (Å²) in [4.78, 5) is 2.08. The topological polar surface area (TPSA) is 45.8 Å². The fourth-order valence-electron chi connectivity index (χ4n) is 2.93. The summed E-state index contributed by atoms with van der Waals surface area (Å²) in [6.45, 7) is 3.67. The van der Waals surface area contributed by atoms with Gasteiger partial charge in [-0.1, -0.05) is 41.4 Å². The van der Waals surface area contributed by atoms with Gasteiger partial charge >= 0.3 is 0 Å². The molecule has 4 nitrogen and oxygen atoms in total. The van der Waals surface area contributed by atoms with E-state index in [1.54, 1.807) is 18.4 Å². The van der Waals surface area contributed by atoms with Crippen LogP contribution in [0.4, 0.5) is 0 Å². The highest BCUT2D eigenvalue weighted by atomic mass is 35.5. The lowest BCUT2D eigenvalue weighted by molar-refractivity contribution is 0.0604. The quantitative estimate of drug-likeness (QED) is 0.508. The number of hydrogen-bond donors (Lipinski definition) is 1. The largest absolute Gasteiger partial charge is 0.491 e. The summed E-state index contributed by atoms with van der Waals surface area (Å²) in [5, 5.41) is 11.9. The predicted molar refractivity (Wildman–Crippen MR) is 112 cm³/mol. The molecule has 6 heteroatoms. The molecule has 148 valence electrons. The summed E-state index contributed by atoms with van der Waals surface area (Å²) in [6.07, 6.45) is 0.972. The standard InChI is InChI=1S/C22H23Cl2NO3/c1-16-11-19(8-9-21(16)23)28-15-18(26)13-25(14-20-6-4-10-27-20)12-17-5-2-3-7-22(17)24/h2-11,18,26H,12-15H2,1H3. The Kier molecular flexibility index (Phi) is 7.40. The molecule has 1 unspecified atom stereocenters. The average molecular weight is 420 g/mol. The minimum absolute atomic E-state index is 0.179. The van der Waals surface area contributed by atoms with Crippen molar-refractivity contribution in [3.63, 3.8) is 0 Å². The third-order valence-electron chi connectivity index (χ3n) is 4.35. The van der Waals surface area contributed by atoms with E-state index in [-0.39, 0.29) is 6.61 Å². The van der Waals surface area contributed by atoms with Crippen molar-refractivity contribution in [2.24, 2.45) is 0 Å². The van der Waals surface area contributed by atoms with Crippen LogP contribution in [0, 0.1) is 6.92 Å². The maximum atomic E-state index is 10.5. The van der Waals surface area contributed by atoms with E-state index >= 15 is 0 Å². The number of furan rings is 1. The van der Waals surface area contributed by atoms with Gasteiger partial charge in [0.2, 0.25) is 0 Å². The zero-order valence-electron chi connectivity index (χ0n) is 15.6. The molecule has 0 aliphatic rings. The van der Waals surface area contributed by atoms with Gasteiger partial charge in [-0.2, -0.15) is 0 Å². The highest BCUT2D eigenvalue weighted by Crippen LogP contribution is 2.22. The lowest BCUT2D eigenvalue weighted by atomic mass is 10.2. The fourth-order valence-corrected chi connectivity index (χ4v) is 3.24. The molecule has 28 heavy (non-hydrogen) atoms. The van der Waals surface area contributed by atoms with Crippen molar-refractivity contribution in [3.05, 3.63) is 87.8 Å². The Labute approximate surface area is 175 Å². The molecular weight excluding hydrogens is 397 g/mol. The van der Waals surface area contributed by atoms with E-state index in [0.717, 1.165) is 16.9 Å². The second-order valence-electron chi connectivity index (χ2n) is 6.72. The molecule has 2 aromatic carbocycles. The van der Waals surface area contributed by atoms with Crippen LogP contribution in [-0.4, -0.2) is 29.3 Å². The van der Waals surface area contributed by atoms with Crippen LogP contribution in [0.3, 0.4) is 0 Å². The molecule has 0 saturated heterocycles.